The largest absolute Gasteiger partial charge is 0.481 e. The molecule has 0 saturated carbocycles. The Morgan fingerprint density at radius 1 is 1.14 bits per heavy atom. The third kappa shape index (κ3) is 4.81. The Balaban J connectivity index is 1.70. The molecule has 1 aliphatic heterocycles. The van der Waals surface area contributed by atoms with Crippen molar-refractivity contribution in [3.05, 3.63) is 53.3 Å². The minimum absolute atomic E-state index is 0.0397. The fourth-order valence-corrected chi connectivity index (χ4v) is 4.94. The molecule has 0 bridgehead atoms. The summed E-state index contributed by atoms with van der Waals surface area (Å²) in [5, 5.41) is 2.64. The van der Waals surface area contributed by atoms with Crippen molar-refractivity contribution in [3.63, 3.8) is 0 Å². The van der Waals surface area contributed by atoms with Crippen molar-refractivity contribution in [1.29, 1.82) is 0 Å². The molecular weight excluding hydrogens is 407 g/mol. The van der Waals surface area contributed by atoms with E-state index in [1.165, 1.54) is 40.7 Å². The monoisotopic (exact) mass is 426 g/mol. The van der Waals surface area contributed by atoms with Gasteiger partial charge in [0.25, 0.3) is 5.91 Å². The van der Waals surface area contributed by atoms with E-state index in [4.69, 9.17) is 16.3 Å². The van der Waals surface area contributed by atoms with Gasteiger partial charge >= 0.3 is 0 Å². The van der Waals surface area contributed by atoms with Crippen molar-refractivity contribution >= 4 is 33.2 Å². The average Bonchev–Trinajstić information content (AvgIpc) is 2.69. The van der Waals surface area contributed by atoms with Crippen LogP contribution < -0.4 is 10.1 Å². The zero-order valence-corrected chi connectivity index (χ0v) is 16.6. The van der Waals surface area contributed by atoms with Gasteiger partial charge < -0.3 is 10.1 Å². The quantitative estimate of drug-likeness (QED) is 0.764. The molecule has 1 N–H and O–H groups in total. The highest BCUT2D eigenvalue weighted by Gasteiger charge is 2.28. The lowest BCUT2D eigenvalue weighted by atomic mass is 10.2. The molecule has 0 atom stereocenters. The second kappa shape index (κ2) is 8.89. The van der Waals surface area contributed by atoms with E-state index in [9.17, 15) is 17.6 Å². The zero-order chi connectivity index (χ0) is 20.1. The molecule has 1 aliphatic rings. The van der Waals surface area contributed by atoms with Crippen LogP contribution in [-0.2, 0) is 14.8 Å². The molecule has 0 spiro atoms. The molecule has 0 aliphatic carbocycles. The molecular formula is C19H20ClFN2O4S. The Bertz CT molecular complexity index is 962. The highest BCUT2D eigenvalue weighted by atomic mass is 35.5. The maximum atomic E-state index is 13.5. The summed E-state index contributed by atoms with van der Waals surface area (Å²) in [4.78, 5) is 12.0. The molecule has 1 saturated heterocycles. The van der Waals surface area contributed by atoms with E-state index in [1.54, 1.807) is 6.07 Å². The molecule has 1 amide bonds. The first-order valence-corrected chi connectivity index (χ1v) is 10.7. The van der Waals surface area contributed by atoms with Gasteiger partial charge in [-0.2, -0.15) is 4.31 Å². The second-order valence-electron chi connectivity index (χ2n) is 6.38. The molecule has 6 nitrogen and oxygen atoms in total. The van der Waals surface area contributed by atoms with E-state index in [0.29, 0.717) is 13.1 Å². The highest BCUT2D eigenvalue weighted by molar-refractivity contribution is 7.89. The number of carbonyl (C=O) groups is 1. The number of benzene rings is 2. The van der Waals surface area contributed by atoms with Gasteiger partial charge in [0, 0.05) is 18.8 Å². The van der Waals surface area contributed by atoms with E-state index in [0.717, 1.165) is 19.3 Å². The highest BCUT2D eigenvalue weighted by Crippen LogP contribution is 2.29. The number of anilines is 1. The SMILES string of the molecule is O=C(COc1ccccc1F)Nc1ccc(Cl)c(S(=O)(=O)N2CCCCC2)c1. The number of halogens is 2. The van der Waals surface area contributed by atoms with Crippen LogP contribution in [0.4, 0.5) is 10.1 Å². The number of nitrogens with one attached hydrogen (secondary N) is 1. The maximum Gasteiger partial charge on any atom is 0.262 e. The minimum Gasteiger partial charge on any atom is -0.481 e. The number of rotatable bonds is 6. The molecule has 1 fully saturated rings. The summed E-state index contributed by atoms with van der Waals surface area (Å²) in [5.74, 6) is -1.16. The summed E-state index contributed by atoms with van der Waals surface area (Å²) in [6, 6.07) is 9.99. The fourth-order valence-electron chi connectivity index (χ4n) is 2.93. The van der Waals surface area contributed by atoms with Gasteiger partial charge in [-0.05, 0) is 43.2 Å². The van der Waals surface area contributed by atoms with Crippen molar-refractivity contribution in [3.8, 4) is 5.75 Å². The van der Waals surface area contributed by atoms with E-state index < -0.39 is 28.4 Å². The number of amides is 1. The van der Waals surface area contributed by atoms with E-state index in [2.05, 4.69) is 5.32 Å². The summed E-state index contributed by atoms with van der Waals surface area (Å²) in [6.07, 6.45) is 2.61. The van der Waals surface area contributed by atoms with Gasteiger partial charge in [-0.3, -0.25) is 4.79 Å². The second-order valence-corrected chi connectivity index (χ2v) is 8.69. The van der Waals surface area contributed by atoms with Crippen LogP contribution in [0, 0.1) is 5.82 Å². The Hall–Kier alpha value is -2.16. The van der Waals surface area contributed by atoms with Crippen LogP contribution in [0.2, 0.25) is 5.02 Å². The van der Waals surface area contributed by atoms with Crippen LogP contribution in [0.5, 0.6) is 5.75 Å². The molecule has 28 heavy (non-hydrogen) atoms. The topological polar surface area (TPSA) is 75.7 Å². The first-order valence-electron chi connectivity index (χ1n) is 8.85. The first kappa shape index (κ1) is 20.6. The summed E-state index contributed by atoms with van der Waals surface area (Å²) in [5.41, 5.74) is 0.266. The lowest BCUT2D eigenvalue weighted by Gasteiger charge is -2.26. The number of sulfonamides is 1. The predicted octanol–water partition coefficient (Wildman–Crippen LogP) is 3.67. The number of piperidine rings is 1. The molecule has 0 aromatic heterocycles. The van der Waals surface area contributed by atoms with Gasteiger partial charge in [0.1, 0.15) is 4.90 Å². The number of hydrogen-bond donors (Lipinski definition) is 1. The lowest BCUT2D eigenvalue weighted by Crippen LogP contribution is -2.35. The van der Waals surface area contributed by atoms with Crippen LogP contribution in [0.1, 0.15) is 19.3 Å². The molecule has 2 aromatic rings. The number of hydrogen-bond acceptors (Lipinski definition) is 4. The van der Waals surface area contributed by atoms with Gasteiger partial charge in [0.2, 0.25) is 10.0 Å². The molecule has 1 heterocycles. The van der Waals surface area contributed by atoms with Crippen molar-refractivity contribution in [2.75, 3.05) is 25.0 Å². The molecule has 150 valence electrons. The van der Waals surface area contributed by atoms with Gasteiger partial charge in [-0.15, -0.1) is 0 Å². The maximum absolute atomic E-state index is 13.5. The molecule has 2 aromatic carbocycles. The van der Waals surface area contributed by atoms with Gasteiger partial charge in [0.05, 0.1) is 5.02 Å². The normalized spacial score (nSPS) is 15.2. The van der Waals surface area contributed by atoms with Crippen molar-refractivity contribution < 1.29 is 22.3 Å². The standard InChI is InChI=1S/C19H20ClFN2O4S/c20-15-9-8-14(12-18(15)28(25,26)23-10-4-1-5-11-23)22-19(24)13-27-17-7-3-2-6-16(17)21/h2-3,6-9,12H,1,4-5,10-11,13H2,(H,22,24). The number of nitrogens with zero attached hydrogens (tertiary/aromatic N) is 1. The van der Waals surface area contributed by atoms with Gasteiger partial charge in [-0.1, -0.05) is 30.2 Å². The van der Waals surface area contributed by atoms with E-state index in [1.807, 2.05) is 0 Å². The van der Waals surface area contributed by atoms with E-state index >= 15 is 0 Å². The summed E-state index contributed by atoms with van der Waals surface area (Å²) in [7, 11) is -3.74. The summed E-state index contributed by atoms with van der Waals surface area (Å²) < 4.78 is 45.8. The van der Waals surface area contributed by atoms with Gasteiger partial charge in [-0.25, -0.2) is 12.8 Å². The zero-order valence-electron chi connectivity index (χ0n) is 15.0. The first-order chi connectivity index (χ1) is 13.4. The Kier molecular flexibility index (Phi) is 6.53. The summed E-state index contributed by atoms with van der Waals surface area (Å²) in [6.45, 7) is 0.481. The Morgan fingerprint density at radius 3 is 2.57 bits per heavy atom. The van der Waals surface area contributed by atoms with Crippen LogP contribution in [0.25, 0.3) is 0 Å². The minimum atomic E-state index is -3.74. The average molecular weight is 427 g/mol. The predicted molar refractivity (Wildman–Crippen MR) is 105 cm³/mol. The van der Waals surface area contributed by atoms with Gasteiger partial charge in [0.15, 0.2) is 18.2 Å². The number of para-hydroxylation sites is 1. The van der Waals surface area contributed by atoms with Crippen molar-refractivity contribution in [2.45, 2.75) is 24.2 Å². The van der Waals surface area contributed by atoms with Crippen LogP contribution in [-0.4, -0.2) is 38.3 Å². The number of carbonyl (C=O) groups excluding carboxylic acids is 1. The molecule has 0 unspecified atom stereocenters. The molecule has 3 rings (SSSR count). The van der Waals surface area contributed by atoms with E-state index in [-0.39, 0.29) is 21.4 Å². The summed E-state index contributed by atoms with van der Waals surface area (Å²) >= 11 is 6.11. The van der Waals surface area contributed by atoms with Crippen LogP contribution >= 0.6 is 11.6 Å². The molecule has 0 radical (unpaired) electrons. The lowest BCUT2D eigenvalue weighted by molar-refractivity contribution is -0.118. The molecule has 9 heteroatoms. The Morgan fingerprint density at radius 2 is 1.86 bits per heavy atom. The third-order valence-electron chi connectivity index (χ3n) is 4.34. The third-order valence-corrected chi connectivity index (χ3v) is 6.72. The number of ether oxygens (including phenoxy) is 1. The Labute approximate surface area is 168 Å². The fraction of sp³-hybridized carbons (Fsp3) is 0.316. The smallest absolute Gasteiger partial charge is 0.262 e. The van der Waals surface area contributed by atoms with Crippen LogP contribution in [0.15, 0.2) is 47.4 Å². The van der Waals surface area contributed by atoms with Crippen LogP contribution in [0.3, 0.4) is 0 Å². The van der Waals surface area contributed by atoms with Crippen molar-refractivity contribution in [2.24, 2.45) is 0 Å². The van der Waals surface area contributed by atoms with Crippen molar-refractivity contribution in [1.82, 2.24) is 4.31 Å².